The van der Waals surface area contributed by atoms with Gasteiger partial charge in [-0.1, -0.05) is 47.5 Å². The molecular weight excluding hydrogens is 311 g/mol. The van der Waals surface area contributed by atoms with E-state index in [4.69, 9.17) is 23.2 Å². The highest BCUT2D eigenvalue weighted by Gasteiger charge is 2.24. The predicted octanol–water partition coefficient (Wildman–Crippen LogP) is 2.44. The summed E-state index contributed by atoms with van der Waals surface area (Å²) in [4.78, 5) is 20.0. The normalized spacial score (nSPS) is 17.1. The molecule has 108 valence electrons. The molecule has 0 radical (unpaired) electrons. The standard InChI is InChI=1S/C14H12Cl2N4O/c15-11-12(16)18-7-19-13(11)20-14(21)10-5-8-3-1-2-4-9(8)6-17-10/h1-4,7,10,17H,5-6H2,(H,18,19,20,21)/t10-/m0/s1. The molecular formula is C14H12Cl2N4O. The molecule has 3 rings (SSSR count). The van der Waals surface area contributed by atoms with E-state index >= 15 is 0 Å². The van der Waals surface area contributed by atoms with E-state index < -0.39 is 0 Å². The van der Waals surface area contributed by atoms with Crippen LogP contribution in [-0.2, 0) is 17.8 Å². The summed E-state index contributed by atoms with van der Waals surface area (Å²) in [5.74, 6) is 0.0310. The summed E-state index contributed by atoms with van der Waals surface area (Å²) in [5, 5.41) is 6.14. The highest BCUT2D eigenvalue weighted by molar-refractivity contribution is 6.42. The quantitative estimate of drug-likeness (QED) is 0.833. The third-order valence-electron chi connectivity index (χ3n) is 3.39. The maximum absolute atomic E-state index is 12.3. The van der Waals surface area contributed by atoms with Crippen molar-refractivity contribution < 1.29 is 4.79 Å². The summed E-state index contributed by atoms with van der Waals surface area (Å²) in [5.41, 5.74) is 2.38. The van der Waals surface area contributed by atoms with Crippen LogP contribution in [0.3, 0.4) is 0 Å². The van der Waals surface area contributed by atoms with Crippen LogP contribution in [0.15, 0.2) is 30.6 Å². The first-order valence-corrected chi connectivity index (χ1v) is 7.18. The van der Waals surface area contributed by atoms with E-state index in [1.165, 1.54) is 17.5 Å². The van der Waals surface area contributed by atoms with E-state index in [2.05, 4.69) is 26.7 Å². The largest absolute Gasteiger partial charge is 0.308 e. The van der Waals surface area contributed by atoms with Crippen molar-refractivity contribution in [1.82, 2.24) is 15.3 Å². The molecule has 1 aromatic heterocycles. The fourth-order valence-corrected chi connectivity index (χ4v) is 2.56. The van der Waals surface area contributed by atoms with Gasteiger partial charge in [0.2, 0.25) is 5.91 Å². The van der Waals surface area contributed by atoms with Crippen LogP contribution in [-0.4, -0.2) is 21.9 Å². The molecule has 1 aliphatic heterocycles. The van der Waals surface area contributed by atoms with E-state index in [9.17, 15) is 4.79 Å². The molecule has 21 heavy (non-hydrogen) atoms. The lowest BCUT2D eigenvalue weighted by Gasteiger charge is -2.25. The second-order valence-electron chi connectivity index (χ2n) is 4.72. The van der Waals surface area contributed by atoms with Crippen molar-refractivity contribution in [3.8, 4) is 0 Å². The van der Waals surface area contributed by atoms with Crippen molar-refractivity contribution in [2.75, 3.05) is 5.32 Å². The van der Waals surface area contributed by atoms with Crippen LogP contribution < -0.4 is 10.6 Å². The maximum Gasteiger partial charge on any atom is 0.243 e. The average molecular weight is 323 g/mol. The molecule has 0 saturated heterocycles. The first-order valence-electron chi connectivity index (χ1n) is 6.42. The van der Waals surface area contributed by atoms with Crippen LogP contribution in [0.2, 0.25) is 10.2 Å². The topological polar surface area (TPSA) is 66.9 Å². The zero-order valence-electron chi connectivity index (χ0n) is 10.9. The molecule has 5 nitrogen and oxygen atoms in total. The number of anilines is 1. The molecule has 0 spiro atoms. The van der Waals surface area contributed by atoms with E-state index in [1.807, 2.05) is 18.2 Å². The van der Waals surface area contributed by atoms with Crippen molar-refractivity contribution in [1.29, 1.82) is 0 Å². The number of fused-ring (bicyclic) bond motifs is 1. The van der Waals surface area contributed by atoms with Gasteiger partial charge < -0.3 is 10.6 Å². The smallest absolute Gasteiger partial charge is 0.243 e. The van der Waals surface area contributed by atoms with Crippen LogP contribution in [0.4, 0.5) is 5.82 Å². The van der Waals surface area contributed by atoms with Crippen LogP contribution in [0, 0.1) is 0 Å². The minimum absolute atomic E-state index is 0.115. The van der Waals surface area contributed by atoms with Gasteiger partial charge in [0.15, 0.2) is 11.0 Å². The lowest BCUT2D eigenvalue weighted by Crippen LogP contribution is -2.44. The number of halogens is 2. The number of nitrogens with one attached hydrogen (secondary N) is 2. The lowest BCUT2D eigenvalue weighted by molar-refractivity contribution is -0.118. The number of amides is 1. The van der Waals surface area contributed by atoms with E-state index in [0.717, 1.165) is 0 Å². The van der Waals surface area contributed by atoms with Gasteiger partial charge in [0, 0.05) is 6.54 Å². The van der Waals surface area contributed by atoms with Gasteiger partial charge in [-0.2, -0.15) is 0 Å². The minimum atomic E-state index is -0.329. The third kappa shape index (κ3) is 3.00. The fourth-order valence-electron chi connectivity index (χ4n) is 2.28. The van der Waals surface area contributed by atoms with E-state index in [0.29, 0.717) is 13.0 Å². The van der Waals surface area contributed by atoms with E-state index in [1.54, 1.807) is 0 Å². The van der Waals surface area contributed by atoms with Gasteiger partial charge in [-0.25, -0.2) is 9.97 Å². The molecule has 2 N–H and O–H groups in total. The van der Waals surface area contributed by atoms with Gasteiger partial charge in [0.25, 0.3) is 0 Å². The van der Waals surface area contributed by atoms with Gasteiger partial charge in [-0.15, -0.1) is 0 Å². The number of rotatable bonds is 2. The molecule has 0 fully saturated rings. The summed E-state index contributed by atoms with van der Waals surface area (Å²) >= 11 is 11.8. The van der Waals surface area contributed by atoms with Crippen molar-refractivity contribution in [3.05, 3.63) is 51.9 Å². The van der Waals surface area contributed by atoms with Crippen LogP contribution in [0.5, 0.6) is 0 Å². The van der Waals surface area contributed by atoms with Crippen molar-refractivity contribution in [3.63, 3.8) is 0 Å². The highest BCUT2D eigenvalue weighted by atomic mass is 35.5. The number of carbonyl (C=O) groups excluding carboxylic acids is 1. The molecule has 1 atom stereocenters. The minimum Gasteiger partial charge on any atom is -0.308 e. The number of carbonyl (C=O) groups is 1. The lowest BCUT2D eigenvalue weighted by atomic mass is 9.95. The Labute approximate surface area is 131 Å². The van der Waals surface area contributed by atoms with Gasteiger partial charge in [-0.05, 0) is 17.5 Å². The number of nitrogens with zero attached hydrogens (tertiary/aromatic N) is 2. The van der Waals surface area contributed by atoms with E-state index in [-0.39, 0.29) is 27.9 Å². The summed E-state index contributed by atoms with van der Waals surface area (Å²) in [6, 6.07) is 7.72. The summed E-state index contributed by atoms with van der Waals surface area (Å²) in [6.45, 7) is 0.659. The summed E-state index contributed by atoms with van der Waals surface area (Å²) in [7, 11) is 0. The second-order valence-corrected chi connectivity index (χ2v) is 5.46. The Bertz CT molecular complexity index is 692. The molecule has 1 aliphatic rings. The first kappa shape index (κ1) is 14.3. The molecule has 7 heteroatoms. The Morgan fingerprint density at radius 2 is 2.00 bits per heavy atom. The molecule has 1 aromatic carbocycles. The monoisotopic (exact) mass is 322 g/mol. The molecule has 0 bridgehead atoms. The number of aromatic nitrogens is 2. The first-order chi connectivity index (χ1) is 10.1. The molecule has 0 saturated carbocycles. The Morgan fingerprint density at radius 3 is 2.81 bits per heavy atom. The van der Waals surface area contributed by atoms with Crippen LogP contribution in [0.25, 0.3) is 0 Å². The van der Waals surface area contributed by atoms with Gasteiger partial charge in [-0.3, -0.25) is 4.79 Å². The number of hydrogen-bond donors (Lipinski definition) is 2. The molecule has 2 aromatic rings. The number of hydrogen-bond acceptors (Lipinski definition) is 4. The second kappa shape index (κ2) is 5.97. The summed E-state index contributed by atoms with van der Waals surface area (Å²) < 4.78 is 0. The van der Waals surface area contributed by atoms with Crippen LogP contribution >= 0.6 is 23.2 Å². The fraction of sp³-hybridized carbons (Fsp3) is 0.214. The van der Waals surface area contributed by atoms with Gasteiger partial charge in [0.05, 0.1) is 6.04 Å². The Kier molecular flexibility index (Phi) is 4.05. The van der Waals surface area contributed by atoms with Gasteiger partial charge in [0.1, 0.15) is 11.3 Å². The van der Waals surface area contributed by atoms with Crippen molar-refractivity contribution >= 4 is 34.9 Å². The SMILES string of the molecule is O=C(Nc1ncnc(Cl)c1Cl)[C@@H]1Cc2ccccc2CN1. The maximum atomic E-state index is 12.3. The average Bonchev–Trinajstić information content (AvgIpc) is 2.51. The Balaban J connectivity index is 1.74. The molecule has 2 heterocycles. The zero-order chi connectivity index (χ0) is 14.8. The third-order valence-corrected chi connectivity index (χ3v) is 4.13. The highest BCUT2D eigenvalue weighted by Crippen LogP contribution is 2.26. The molecule has 0 aliphatic carbocycles. The zero-order valence-corrected chi connectivity index (χ0v) is 12.4. The Morgan fingerprint density at radius 1 is 1.24 bits per heavy atom. The molecule has 0 unspecified atom stereocenters. The predicted molar refractivity (Wildman–Crippen MR) is 81.5 cm³/mol. The number of benzene rings is 1. The van der Waals surface area contributed by atoms with Crippen molar-refractivity contribution in [2.45, 2.75) is 19.0 Å². The summed E-state index contributed by atoms with van der Waals surface area (Å²) in [6.07, 6.45) is 1.88. The van der Waals surface area contributed by atoms with Gasteiger partial charge >= 0.3 is 0 Å². The van der Waals surface area contributed by atoms with Crippen molar-refractivity contribution in [2.24, 2.45) is 0 Å². The molecule has 1 amide bonds. The Hall–Kier alpha value is -1.69. The van der Waals surface area contributed by atoms with Crippen LogP contribution in [0.1, 0.15) is 11.1 Å².